The van der Waals surface area contributed by atoms with E-state index in [0.717, 1.165) is 37.4 Å². The summed E-state index contributed by atoms with van der Waals surface area (Å²) in [5, 5.41) is 6.39. The molecule has 1 aliphatic heterocycles. The van der Waals surface area contributed by atoms with Crippen molar-refractivity contribution in [2.75, 3.05) is 18.5 Å². The van der Waals surface area contributed by atoms with Gasteiger partial charge in [-0.2, -0.15) is 0 Å². The van der Waals surface area contributed by atoms with Gasteiger partial charge in [-0.3, -0.25) is 5.32 Å². The van der Waals surface area contributed by atoms with E-state index >= 15 is 0 Å². The molecule has 6 heteroatoms. The molecule has 0 radical (unpaired) electrons. The molecular weight excluding hydrogens is 262 g/mol. The van der Waals surface area contributed by atoms with E-state index in [9.17, 15) is 4.79 Å². The van der Waals surface area contributed by atoms with E-state index in [1.807, 2.05) is 0 Å². The highest BCUT2D eigenvalue weighted by Crippen LogP contribution is 2.29. The number of aryl methyl sites for hydroxylation is 2. The smallest absolute Gasteiger partial charge is 0.321 e. The summed E-state index contributed by atoms with van der Waals surface area (Å²) in [5.41, 5.74) is 1.17. The number of hydrogen-bond acceptors (Lipinski definition) is 4. The van der Waals surface area contributed by atoms with Gasteiger partial charge in [0, 0.05) is 18.0 Å². The topological polar surface area (TPSA) is 63.2 Å². The zero-order chi connectivity index (χ0) is 13.1. The monoisotopic (exact) mass is 281 g/mol. The van der Waals surface area contributed by atoms with Crippen molar-refractivity contribution in [1.82, 2.24) is 10.3 Å². The van der Waals surface area contributed by atoms with Crippen LogP contribution in [0.25, 0.3) is 0 Å². The minimum atomic E-state index is -0.179. The Bertz CT molecular complexity index is 431. The van der Waals surface area contributed by atoms with E-state index in [-0.39, 0.29) is 12.1 Å². The lowest BCUT2D eigenvalue weighted by Crippen LogP contribution is -2.35. The third-order valence-electron chi connectivity index (χ3n) is 3.58. The summed E-state index contributed by atoms with van der Waals surface area (Å²) in [6.07, 6.45) is 6.90. The number of nitrogens with one attached hydrogen (secondary N) is 2. The Morgan fingerprint density at radius 3 is 3.05 bits per heavy atom. The van der Waals surface area contributed by atoms with Gasteiger partial charge in [-0.25, -0.2) is 9.78 Å². The first-order valence-corrected chi connectivity index (χ1v) is 7.78. The van der Waals surface area contributed by atoms with Gasteiger partial charge in [-0.1, -0.05) is 0 Å². The van der Waals surface area contributed by atoms with Crippen LogP contribution < -0.4 is 10.6 Å². The fourth-order valence-electron chi connectivity index (χ4n) is 2.56. The Hall–Kier alpha value is -1.14. The van der Waals surface area contributed by atoms with E-state index in [4.69, 9.17) is 4.74 Å². The van der Waals surface area contributed by atoms with Gasteiger partial charge in [0.1, 0.15) is 0 Å². The van der Waals surface area contributed by atoms with Gasteiger partial charge in [0.2, 0.25) is 0 Å². The normalized spacial score (nSPS) is 22.0. The number of nitrogens with zero attached hydrogens (tertiary/aromatic N) is 1. The maximum atomic E-state index is 11.8. The second kappa shape index (κ2) is 5.88. The molecule has 1 aliphatic carbocycles. The highest BCUT2D eigenvalue weighted by molar-refractivity contribution is 7.15. The van der Waals surface area contributed by atoms with Crippen molar-refractivity contribution < 1.29 is 9.53 Å². The third kappa shape index (κ3) is 3.25. The summed E-state index contributed by atoms with van der Waals surface area (Å²) >= 11 is 1.61. The largest absolute Gasteiger partial charge is 0.376 e. The molecule has 1 saturated heterocycles. The van der Waals surface area contributed by atoms with Gasteiger partial charge in [0.15, 0.2) is 5.13 Å². The second-order valence-corrected chi connectivity index (χ2v) is 6.15. The van der Waals surface area contributed by atoms with Crippen molar-refractivity contribution in [1.29, 1.82) is 0 Å². The molecule has 0 saturated carbocycles. The first-order valence-electron chi connectivity index (χ1n) is 6.96. The lowest BCUT2D eigenvalue weighted by Gasteiger charge is -2.10. The highest BCUT2D eigenvalue weighted by atomic mass is 32.1. The number of thiazole rings is 1. The Kier molecular flexibility index (Phi) is 3.98. The van der Waals surface area contributed by atoms with E-state index < -0.39 is 0 Å². The Labute approximate surface area is 116 Å². The number of carbonyl (C=O) groups is 1. The van der Waals surface area contributed by atoms with Crippen molar-refractivity contribution >= 4 is 22.5 Å². The minimum absolute atomic E-state index is 0.176. The summed E-state index contributed by atoms with van der Waals surface area (Å²) in [5.74, 6) is 0. The third-order valence-corrected chi connectivity index (χ3v) is 4.65. The van der Waals surface area contributed by atoms with Crippen LogP contribution in [0.3, 0.4) is 0 Å². The summed E-state index contributed by atoms with van der Waals surface area (Å²) in [6.45, 7) is 1.39. The summed E-state index contributed by atoms with van der Waals surface area (Å²) in [7, 11) is 0. The van der Waals surface area contributed by atoms with Crippen molar-refractivity contribution in [2.24, 2.45) is 0 Å². The molecule has 1 aromatic rings. The van der Waals surface area contributed by atoms with Crippen LogP contribution in [-0.2, 0) is 17.6 Å². The molecule has 0 unspecified atom stereocenters. The number of aromatic nitrogens is 1. The van der Waals surface area contributed by atoms with Crippen LogP contribution >= 0.6 is 11.3 Å². The number of carbonyl (C=O) groups excluding carboxylic acids is 1. The molecule has 1 atom stereocenters. The molecule has 3 rings (SSSR count). The van der Waals surface area contributed by atoms with Crippen molar-refractivity contribution in [2.45, 2.75) is 44.6 Å². The average Bonchev–Trinajstić information content (AvgIpc) is 3.04. The van der Waals surface area contributed by atoms with Crippen LogP contribution in [0.2, 0.25) is 0 Å². The maximum absolute atomic E-state index is 11.8. The lowest BCUT2D eigenvalue weighted by molar-refractivity contribution is 0.112. The predicted octanol–water partition coefficient (Wildman–Crippen LogP) is 2.32. The summed E-state index contributed by atoms with van der Waals surface area (Å²) in [6, 6.07) is -0.179. The predicted molar refractivity (Wildman–Crippen MR) is 74.8 cm³/mol. The zero-order valence-electron chi connectivity index (χ0n) is 10.9. The summed E-state index contributed by atoms with van der Waals surface area (Å²) in [4.78, 5) is 17.6. The molecule has 2 heterocycles. The number of anilines is 1. The van der Waals surface area contributed by atoms with Gasteiger partial charge < -0.3 is 10.1 Å². The highest BCUT2D eigenvalue weighted by Gasteiger charge is 2.18. The standard InChI is InChI=1S/C13H19N3O2S/c17-12(14-8-9-4-3-7-18-9)16-13-15-10-5-1-2-6-11(10)19-13/h9H,1-8H2,(H2,14,15,16,17)/t9-/m1/s1. The lowest BCUT2D eigenvalue weighted by atomic mass is 10.0. The molecule has 0 aromatic carbocycles. The number of urea groups is 1. The number of amides is 2. The quantitative estimate of drug-likeness (QED) is 0.893. The molecule has 19 heavy (non-hydrogen) atoms. The Morgan fingerprint density at radius 2 is 2.26 bits per heavy atom. The molecule has 2 N–H and O–H groups in total. The number of hydrogen-bond donors (Lipinski definition) is 2. The number of rotatable bonds is 3. The molecule has 5 nitrogen and oxygen atoms in total. The van der Waals surface area contributed by atoms with Crippen LogP contribution in [0.4, 0.5) is 9.93 Å². The first kappa shape index (κ1) is 12.9. The molecule has 1 aromatic heterocycles. The van der Waals surface area contributed by atoms with Crippen LogP contribution in [0, 0.1) is 0 Å². The van der Waals surface area contributed by atoms with Gasteiger partial charge in [-0.15, -0.1) is 11.3 Å². The minimum Gasteiger partial charge on any atom is -0.376 e. The average molecular weight is 281 g/mol. The molecule has 2 amide bonds. The van der Waals surface area contributed by atoms with E-state index in [0.29, 0.717) is 6.54 Å². The van der Waals surface area contributed by atoms with E-state index in [2.05, 4.69) is 15.6 Å². The molecule has 0 bridgehead atoms. The van der Waals surface area contributed by atoms with Gasteiger partial charge in [0.25, 0.3) is 0 Å². The van der Waals surface area contributed by atoms with E-state index in [1.165, 1.54) is 23.4 Å². The molecule has 1 fully saturated rings. The van der Waals surface area contributed by atoms with E-state index in [1.54, 1.807) is 11.3 Å². The van der Waals surface area contributed by atoms with Crippen LogP contribution in [0.5, 0.6) is 0 Å². The second-order valence-electron chi connectivity index (χ2n) is 5.07. The van der Waals surface area contributed by atoms with Crippen LogP contribution in [0.1, 0.15) is 36.3 Å². The fourth-order valence-corrected chi connectivity index (χ4v) is 3.60. The van der Waals surface area contributed by atoms with Crippen LogP contribution in [0.15, 0.2) is 0 Å². The van der Waals surface area contributed by atoms with Crippen molar-refractivity contribution in [3.05, 3.63) is 10.6 Å². The Balaban J connectivity index is 1.49. The van der Waals surface area contributed by atoms with Crippen molar-refractivity contribution in [3.63, 3.8) is 0 Å². The van der Waals surface area contributed by atoms with Gasteiger partial charge in [-0.05, 0) is 38.5 Å². The fraction of sp³-hybridized carbons (Fsp3) is 0.692. The zero-order valence-corrected chi connectivity index (χ0v) is 11.7. The maximum Gasteiger partial charge on any atom is 0.321 e. The SMILES string of the molecule is O=C(NC[C@H]1CCCO1)Nc1nc2c(s1)CCCC2. The molecular formula is C13H19N3O2S. The van der Waals surface area contributed by atoms with Gasteiger partial charge >= 0.3 is 6.03 Å². The first-order chi connectivity index (χ1) is 9.31. The number of ether oxygens (including phenoxy) is 1. The molecule has 104 valence electrons. The Morgan fingerprint density at radius 1 is 1.37 bits per heavy atom. The molecule has 2 aliphatic rings. The van der Waals surface area contributed by atoms with Crippen molar-refractivity contribution in [3.8, 4) is 0 Å². The van der Waals surface area contributed by atoms with Crippen LogP contribution in [-0.4, -0.2) is 30.3 Å². The number of fused-ring (bicyclic) bond motifs is 1. The van der Waals surface area contributed by atoms with Gasteiger partial charge in [0.05, 0.1) is 11.8 Å². The summed E-state index contributed by atoms with van der Waals surface area (Å²) < 4.78 is 5.46. The molecule has 0 spiro atoms.